The van der Waals surface area contributed by atoms with E-state index in [-0.39, 0.29) is 5.82 Å². The SMILES string of the molecule is Nc1ccc(Cl)c(-c2nnnn2CC(F)F)c1. The van der Waals surface area contributed by atoms with Gasteiger partial charge in [0.1, 0.15) is 6.54 Å². The van der Waals surface area contributed by atoms with Crippen LogP contribution in [-0.2, 0) is 6.54 Å². The zero-order valence-corrected chi connectivity index (χ0v) is 9.27. The molecule has 1 aromatic heterocycles. The van der Waals surface area contributed by atoms with Gasteiger partial charge in [-0.05, 0) is 28.6 Å². The molecule has 90 valence electrons. The van der Waals surface area contributed by atoms with E-state index in [2.05, 4.69) is 15.5 Å². The molecule has 0 saturated heterocycles. The number of hydrogen-bond donors (Lipinski definition) is 1. The molecule has 2 N–H and O–H groups in total. The van der Waals surface area contributed by atoms with E-state index in [1.807, 2.05) is 0 Å². The Morgan fingerprint density at radius 3 is 2.88 bits per heavy atom. The van der Waals surface area contributed by atoms with Crippen molar-refractivity contribution in [3.05, 3.63) is 23.2 Å². The monoisotopic (exact) mass is 259 g/mol. The van der Waals surface area contributed by atoms with Gasteiger partial charge in [0.05, 0.1) is 5.02 Å². The highest BCUT2D eigenvalue weighted by atomic mass is 35.5. The number of anilines is 1. The summed E-state index contributed by atoms with van der Waals surface area (Å²) in [7, 11) is 0. The lowest BCUT2D eigenvalue weighted by molar-refractivity contribution is 0.121. The Hall–Kier alpha value is -1.76. The first-order chi connectivity index (χ1) is 8.08. The van der Waals surface area contributed by atoms with Crippen LogP contribution < -0.4 is 5.73 Å². The molecule has 17 heavy (non-hydrogen) atoms. The fraction of sp³-hybridized carbons (Fsp3) is 0.222. The largest absolute Gasteiger partial charge is 0.399 e. The highest BCUT2D eigenvalue weighted by molar-refractivity contribution is 6.33. The van der Waals surface area contributed by atoms with Crippen molar-refractivity contribution in [3.8, 4) is 11.4 Å². The number of rotatable bonds is 3. The van der Waals surface area contributed by atoms with Crippen LogP contribution in [0.4, 0.5) is 14.5 Å². The van der Waals surface area contributed by atoms with Crippen LogP contribution in [0.3, 0.4) is 0 Å². The summed E-state index contributed by atoms with van der Waals surface area (Å²) in [5.74, 6) is 0.169. The van der Waals surface area contributed by atoms with Crippen LogP contribution in [0.1, 0.15) is 0 Å². The Kier molecular flexibility index (Phi) is 3.19. The van der Waals surface area contributed by atoms with E-state index in [1.54, 1.807) is 12.1 Å². The van der Waals surface area contributed by atoms with Crippen molar-refractivity contribution < 1.29 is 8.78 Å². The number of halogens is 3. The first-order valence-electron chi connectivity index (χ1n) is 4.67. The van der Waals surface area contributed by atoms with Gasteiger partial charge < -0.3 is 5.73 Å². The summed E-state index contributed by atoms with van der Waals surface area (Å²) < 4.78 is 25.6. The average molecular weight is 260 g/mol. The molecule has 0 saturated carbocycles. The molecule has 0 aliphatic carbocycles. The smallest absolute Gasteiger partial charge is 0.258 e. The topological polar surface area (TPSA) is 69.6 Å². The first-order valence-corrected chi connectivity index (χ1v) is 5.05. The summed E-state index contributed by atoms with van der Waals surface area (Å²) in [5, 5.41) is 10.9. The lowest BCUT2D eigenvalue weighted by Gasteiger charge is -2.06. The second-order valence-corrected chi connectivity index (χ2v) is 3.72. The van der Waals surface area contributed by atoms with Gasteiger partial charge in [0.2, 0.25) is 0 Å². The number of nitrogens with two attached hydrogens (primary N) is 1. The molecule has 0 radical (unpaired) electrons. The summed E-state index contributed by atoms with van der Waals surface area (Å²) in [6, 6.07) is 4.71. The third kappa shape index (κ3) is 2.50. The summed E-state index contributed by atoms with van der Waals surface area (Å²) in [6.45, 7) is -0.590. The molecule has 1 aromatic carbocycles. The van der Waals surface area contributed by atoms with E-state index in [0.717, 1.165) is 4.68 Å². The molecule has 0 amide bonds. The maximum atomic E-state index is 12.3. The summed E-state index contributed by atoms with van der Waals surface area (Å²) >= 11 is 5.94. The van der Waals surface area contributed by atoms with E-state index in [9.17, 15) is 8.78 Å². The van der Waals surface area contributed by atoms with Crippen LogP contribution in [0, 0.1) is 0 Å². The third-order valence-corrected chi connectivity index (χ3v) is 2.40. The molecule has 0 atom stereocenters. The van der Waals surface area contributed by atoms with Crippen molar-refractivity contribution in [2.45, 2.75) is 13.0 Å². The lowest BCUT2D eigenvalue weighted by Crippen LogP contribution is -2.10. The molecule has 2 aromatic rings. The Labute approximate surface area is 100 Å². The quantitative estimate of drug-likeness (QED) is 0.854. The molecule has 0 unspecified atom stereocenters. The number of alkyl halides is 2. The summed E-state index contributed by atoms with van der Waals surface area (Å²) in [5.41, 5.74) is 6.48. The first kappa shape index (κ1) is 11.7. The van der Waals surface area contributed by atoms with Gasteiger partial charge in [-0.3, -0.25) is 0 Å². The molecule has 8 heteroatoms. The molecule has 5 nitrogen and oxygen atoms in total. The van der Waals surface area contributed by atoms with Crippen LogP contribution in [0.15, 0.2) is 18.2 Å². The van der Waals surface area contributed by atoms with Gasteiger partial charge in [-0.25, -0.2) is 13.5 Å². The molecular weight excluding hydrogens is 252 g/mol. The summed E-state index contributed by atoms with van der Waals surface area (Å²) in [6.07, 6.45) is -2.54. The molecule has 0 fully saturated rings. The van der Waals surface area contributed by atoms with Gasteiger partial charge in [0.25, 0.3) is 6.43 Å². The fourth-order valence-corrected chi connectivity index (χ4v) is 1.57. The van der Waals surface area contributed by atoms with E-state index in [0.29, 0.717) is 16.3 Å². The molecule has 0 aliphatic rings. The highest BCUT2D eigenvalue weighted by Crippen LogP contribution is 2.27. The number of hydrogen-bond acceptors (Lipinski definition) is 4. The Morgan fingerprint density at radius 1 is 1.41 bits per heavy atom. The standard InChI is InChI=1S/C9H8ClF2N5/c10-7-2-1-5(13)3-6(7)9-14-15-16-17(9)4-8(11)12/h1-3,8H,4,13H2. The lowest BCUT2D eigenvalue weighted by atomic mass is 10.2. The van der Waals surface area contributed by atoms with Gasteiger partial charge in [0, 0.05) is 11.3 Å². The molecule has 1 heterocycles. The minimum atomic E-state index is -2.54. The number of tetrazole rings is 1. The second kappa shape index (κ2) is 4.62. The minimum Gasteiger partial charge on any atom is -0.399 e. The van der Waals surface area contributed by atoms with E-state index >= 15 is 0 Å². The Morgan fingerprint density at radius 2 is 2.18 bits per heavy atom. The van der Waals surface area contributed by atoms with Crippen LogP contribution in [-0.4, -0.2) is 26.6 Å². The Bertz CT molecular complexity index is 528. The van der Waals surface area contributed by atoms with Gasteiger partial charge in [-0.1, -0.05) is 11.6 Å². The van der Waals surface area contributed by atoms with Crippen molar-refractivity contribution in [2.75, 3.05) is 5.73 Å². The van der Waals surface area contributed by atoms with Gasteiger partial charge in [-0.15, -0.1) is 5.10 Å². The average Bonchev–Trinajstić information content (AvgIpc) is 2.69. The molecule has 0 spiro atoms. The number of benzene rings is 1. The second-order valence-electron chi connectivity index (χ2n) is 3.31. The van der Waals surface area contributed by atoms with Crippen LogP contribution >= 0.6 is 11.6 Å². The number of nitrogens with zero attached hydrogens (tertiary/aromatic N) is 4. The van der Waals surface area contributed by atoms with Crippen molar-refractivity contribution in [2.24, 2.45) is 0 Å². The van der Waals surface area contributed by atoms with Crippen LogP contribution in [0.25, 0.3) is 11.4 Å². The molecule has 2 rings (SSSR count). The predicted molar refractivity (Wildman–Crippen MR) is 58.7 cm³/mol. The van der Waals surface area contributed by atoms with Crippen molar-refractivity contribution in [1.82, 2.24) is 20.2 Å². The molecule has 0 aliphatic heterocycles. The Balaban J connectivity index is 2.45. The van der Waals surface area contributed by atoms with E-state index in [4.69, 9.17) is 17.3 Å². The number of nitrogen functional groups attached to an aromatic ring is 1. The zero-order chi connectivity index (χ0) is 12.4. The van der Waals surface area contributed by atoms with Gasteiger partial charge >= 0.3 is 0 Å². The minimum absolute atomic E-state index is 0.169. The zero-order valence-electron chi connectivity index (χ0n) is 8.52. The maximum Gasteiger partial charge on any atom is 0.258 e. The molecule has 0 bridgehead atoms. The van der Waals surface area contributed by atoms with Crippen molar-refractivity contribution in [3.63, 3.8) is 0 Å². The maximum absolute atomic E-state index is 12.3. The van der Waals surface area contributed by atoms with Gasteiger partial charge in [0.15, 0.2) is 5.82 Å². The van der Waals surface area contributed by atoms with Crippen LogP contribution in [0.5, 0.6) is 0 Å². The normalized spacial score (nSPS) is 11.1. The highest BCUT2D eigenvalue weighted by Gasteiger charge is 2.15. The number of aromatic nitrogens is 4. The van der Waals surface area contributed by atoms with Crippen LogP contribution in [0.2, 0.25) is 5.02 Å². The fourth-order valence-electron chi connectivity index (χ4n) is 1.37. The van der Waals surface area contributed by atoms with E-state index < -0.39 is 13.0 Å². The third-order valence-electron chi connectivity index (χ3n) is 2.07. The van der Waals surface area contributed by atoms with Crippen molar-refractivity contribution >= 4 is 17.3 Å². The van der Waals surface area contributed by atoms with E-state index in [1.165, 1.54) is 6.07 Å². The van der Waals surface area contributed by atoms with Gasteiger partial charge in [-0.2, -0.15) is 0 Å². The summed E-state index contributed by atoms with van der Waals surface area (Å²) in [4.78, 5) is 0. The van der Waals surface area contributed by atoms with Crippen molar-refractivity contribution in [1.29, 1.82) is 0 Å². The predicted octanol–water partition coefficient (Wildman–Crippen LogP) is 1.84. The molecular formula is C9H8ClF2N5.